The second-order valence-electron chi connectivity index (χ2n) is 5.65. The lowest BCUT2D eigenvalue weighted by molar-refractivity contribution is -0.121. The SMILES string of the molecule is C#CCOc1ccc(Br)cc1CNCC(=O)NC(C)(C)C. The summed E-state index contributed by atoms with van der Waals surface area (Å²) in [5.41, 5.74) is 0.721. The van der Waals surface area contributed by atoms with E-state index in [0.29, 0.717) is 6.54 Å². The molecule has 2 N–H and O–H groups in total. The lowest BCUT2D eigenvalue weighted by atomic mass is 10.1. The average Bonchev–Trinajstić information content (AvgIpc) is 2.35. The Hall–Kier alpha value is -1.51. The third kappa shape index (κ3) is 7.16. The Balaban J connectivity index is 2.56. The summed E-state index contributed by atoms with van der Waals surface area (Å²) >= 11 is 3.42. The Morgan fingerprint density at radius 3 is 2.76 bits per heavy atom. The second-order valence-corrected chi connectivity index (χ2v) is 6.56. The third-order valence-electron chi connectivity index (χ3n) is 2.45. The van der Waals surface area contributed by atoms with Crippen molar-refractivity contribution in [3.8, 4) is 18.1 Å². The standard InChI is InChI=1S/C16H21BrN2O2/c1-5-8-21-14-7-6-13(17)9-12(14)10-18-11-15(20)19-16(2,3)4/h1,6-7,9,18H,8,10-11H2,2-4H3,(H,19,20). The first kappa shape index (κ1) is 17.5. The lowest BCUT2D eigenvalue weighted by Crippen LogP contribution is -2.44. The van der Waals surface area contributed by atoms with Crippen LogP contribution in [-0.2, 0) is 11.3 Å². The zero-order valence-corrected chi connectivity index (χ0v) is 14.2. The molecule has 114 valence electrons. The third-order valence-corrected chi connectivity index (χ3v) is 2.94. The highest BCUT2D eigenvalue weighted by atomic mass is 79.9. The highest BCUT2D eigenvalue weighted by molar-refractivity contribution is 9.10. The van der Waals surface area contributed by atoms with Gasteiger partial charge in [-0.3, -0.25) is 4.79 Å². The fraction of sp³-hybridized carbons (Fsp3) is 0.438. The molecule has 0 saturated carbocycles. The van der Waals surface area contributed by atoms with Crippen LogP contribution in [0.1, 0.15) is 26.3 Å². The zero-order valence-electron chi connectivity index (χ0n) is 12.6. The quantitative estimate of drug-likeness (QED) is 0.773. The summed E-state index contributed by atoms with van der Waals surface area (Å²) < 4.78 is 6.43. The minimum absolute atomic E-state index is 0.0383. The monoisotopic (exact) mass is 352 g/mol. The van der Waals surface area contributed by atoms with Crippen molar-refractivity contribution < 1.29 is 9.53 Å². The van der Waals surface area contributed by atoms with E-state index in [9.17, 15) is 4.79 Å². The van der Waals surface area contributed by atoms with Crippen molar-refractivity contribution in [2.24, 2.45) is 0 Å². The smallest absolute Gasteiger partial charge is 0.234 e. The molecule has 1 aromatic carbocycles. The highest BCUT2D eigenvalue weighted by Crippen LogP contribution is 2.23. The first-order chi connectivity index (χ1) is 9.81. The van der Waals surface area contributed by atoms with Gasteiger partial charge in [0.1, 0.15) is 12.4 Å². The van der Waals surface area contributed by atoms with E-state index in [1.165, 1.54) is 0 Å². The summed E-state index contributed by atoms with van der Waals surface area (Å²) in [6, 6.07) is 5.69. The molecule has 0 radical (unpaired) electrons. The topological polar surface area (TPSA) is 50.4 Å². The van der Waals surface area contributed by atoms with Crippen molar-refractivity contribution in [3.05, 3.63) is 28.2 Å². The molecule has 5 heteroatoms. The molecule has 0 spiro atoms. The zero-order chi connectivity index (χ0) is 15.9. The van der Waals surface area contributed by atoms with Crippen molar-refractivity contribution in [2.45, 2.75) is 32.9 Å². The van der Waals surface area contributed by atoms with Crippen molar-refractivity contribution in [2.75, 3.05) is 13.2 Å². The van der Waals surface area contributed by atoms with Gasteiger partial charge in [0.15, 0.2) is 0 Å². The Kier molecular flexibility index (Phi) is 6.73. The van der Waals surface area contributed by atoms with E-state index in [1.807, 2.05) is 39.0 Å². The van der Waals surface area contributed by atoms with E-state index in [0.717, 1.165) is 15.8 Å². The molecule has 0 aliphatic heterocycles. The highest BCUT2D eigenvalue weighted by Gasteiger charge is 2.13. The van der Waals surface area contributed by atoms with Gasteiger partial charge in [-0.15, -0.1) is 6.42 Å². The van der Waals surface area contributed by atoms with E-state index >= 15 is 0 Å². The van der Waals surface area contributed by atoms with Gasteiger partial charge in [-0.05, 0) is 39.0 Å². The van der Waals surface area contributed by atoms with Gasteiger partial charge in [0.25, 0.3) is 0 Å². The Morgan fingerprint density at radius 2 is 2.14 bits per heavy atom. The number of rotatable bonds is 6. The number of terminal acetylenes is 1. The van der Waals surface area contributed by atoms with Crippen molar-refractivity contribution in [3.63, 3.8) is 0 Å². The van der Waals surface area contributed by atoms with Crippen molar-refractivity contribution >= 4 is 21.8 Å². The lowest BCUT2D eigenvalue weighted by Gasteiger charge is -2.20. The van der Waals surface area contributed by atoms with Gasteiger partial charge in [0, 0.05) is 22.1 Å². The molecule has 0 unspecified atom stereocenters. The van der Waals surface area contributed by atoms with Crippen LogP contribution in [0, 0.1) is 12.3 Å². The molecule has 0 heterocycles. The molecule has 1 rings (SSSR count). The van der Waals surface area contributed by atoms with Crippen LogP contribution in [0.3, 0.4) is 0 Å². The van der Waals surface area contributed by atoms with Gasteiger partial charge in [0.05, 0.1) is 6.54 Å². The van der Waals surface area contributed by atoms with E-state index < -0.39 is 0 Å². The first-order valence-corrected chi connectivity index (χ1v) is 7.47. The predicted octanol–water partition coefficient (Wildman–Crippen LogP) is 2.47. The number of carbonyl (C=O) groups excluding carboxylic acids is 1. The Labute approximate surface area is 134 Å². The number of hydrogen-bond donors (Lipinski definition) is 2. The van der Waals surface area contributed by atoms with Gasteiger partial charge in [0.2, 0.25) is 5.91 Å². The molecule has 0 fully saturated rings. The molecule has 0 atom stereocenters. The molecule has 0 aromatic heterocycles. The van der Waals surface area contributed by atoms with E-state index in [-0.39, 0.29) is 24.6 Å². The number of carbonyl (C=O) groups is 1. The van der Waals surface area contributed by atoms with E-state index in [1.54, 1.807) is 0 Å². The van der Waals surface area contributed by atoms with Gasteiger partial charge >= 0.3 is 0 Å². The summed E-state index contributed by atoms with van der Waals surface area (Å²) in [6.07, 6.45) is 5.20. The van der Waals surface area contributed by atoms with Crippen molar-refractivity contribution in [1.82, 2.24) is 10.6 Å². The molecule has 1 aromatic rings. The second kappa shape index (κ2) is 8.06. The minimum atomic E-state index is -0.227. The fourth-order valence-corrected chi connectivity index (χ4v) is 2.13. The predicted molar refractivity (Wildman–Crippen MR) is 88.1 cm³/mol. The van der Waals surface area contributed by atoms with E-state index in [2.05, 4.69) is 32.5 Å². The number of ether oxygens (including phenoxy) is 1. The van der Waals surface area contributed by atoms with Crippen LogP contribution < -0.4 is 15.4 Å². The Morgan fingerprint density at radius 1 is 1.43 bits per heavy atom. The van der Waals surface area contributed by atoms with Crippen LogP contribution in [0.5, 0.6) is 5.75 Å². The molecular weight excluding hydrogens is 332 g/mol. The molecule has 1 amide bonds. The van der Waals surface area contributed by atoms with Gasteiger partial charge < -0.3 is 15.4 Å². The molecular formula is C16H21BrN2O2. The molecule has 0 bridgehead atoms. The minimum Gasteiger partial charge on any atom is -0.481 e. The average molecular weight is 353 g/mol. The van der Waals surface area contributed by atoms with Crippen LogP contribution in [0.2, 0.25) is 0 Å². The first-order valence-electron chi connectivity index (χ1n) is 6.68. The maximum absolute atomic E-state index is 11.7. The van der Waals surface area contributed by atoms with Gasteiger partial charge in [-0.1, -0.05) is 21.9 Å². The summed E-state index contributed by atoms with van der Waals surface area (Å²) in [4.78, 5) is 11.7. The van der Waals surface area contributed by atoms with Gasteiger partial charge in [-0.25, -0.2) is 0 Å². The van der Waals surface area contributed by atoms with E-state index in [4.69, 9.17) is 11.2 Å². The number of nitrogens with one attached hydrogen (secondary N) is 2. The molecule has 21 heavy (non-hydrogen) atoms. The summed E-state index contributed by atoms with van der Waals surface area (Å²) in [5.74, 6) is 3.12. The van der Waals surface area contributed by atoms with Crippen LogP contribution >= 0.6 is 15.9 Å². The maximum Gasteiger partial charge on any atom is 0.234 e. The number of benzene rings is 1. The van der Waals surface area contributed by atoms with Crippen LogP contribution in [0.15, 0.2) is 22.7 Å². The fourth-order valence-electron chi connectivity index (χ4n) is 1.72. The molecule has 0 saturated heterocycles. The largest absolute Gasteiger partial charge is 0.481 e. The number of amides is 1. The number of hydrogen-bond acceptors (Lipinski definition) is 3. The van der Waals surface area contributed by atoms with Crippen LogP contribution in [-0.4, -0.2) is 24.6 Å². The van der Waals surface area contributed by atoms with Crippen LogP contribution in [0.4, 0.5) is 0 Å². The summed E-state index contributed by atoms with van der Waals surface area (Å²) in [6.45, 7) is 6.84. The maximum atomic E-state index is 11.7. The molecule has 0 aliphatic rings. The summed E-state index contributed by atoms with van der Waals surface area (Å²) in [5, 5.41) is 6.00. The van der Waals surface area contributed by atoms with Crippen LogP contribution in [0.25, 0.3) is 0 Å². The normalized spacial score (nSPS) is 10.8. The molecule has 0 aliphatic carbocycles. The van der Waals surface area contributed by atoms with Crippen molar-refractivity contribution in [1.29, 1.82) is 0 Å². The summed E-state index contributed by atoms with van der Waals surface area (Å²) in [7, 11) is 0. The molecule has 4 nitrogen and oxygen atoms in total. The Bertz CT molecular complexity index is 530. The number of halogens is 1. The van der Waals surface area contributed by atoms with Gasteiger partial charge in [-0.2, -0.15) is 0 Å².